The Bertz CT molecular complexity index is 632. The summed E-state index contributed by atoms with van der Waals surface area (Å²) in [5.74, 6) is -1.19. The van der Waals surface area contributed by atoms with Gasteiger partial charge in [0.1, 0.15) is 22.9 Å². The van der Waals surface area contributed by atoms with Crippen molar-refractivity contribution in [1.29, 1.82) is 0 Å². The molecule has 0 saturated carbocycles. The number of hydrogen-bond donors (Lipinski definition) is 0. The maximum absolute atomic E-state index is 13.0. The predicted molar refractivity (Wildman–Crippen MR) is 68.0 cm³/mol. The van der Waals surface area contributed by atoms with Gasteiger partial charge in [-0.2, -0.15) is 13.2 Å². The maximum Gasteiger partial charge on any atom is 0.420 e. The Labute approximate surface area is 113 Å². The predicted octanol–water partition coefficient (Wildman–Crippen LogP) is 5.28. The zero-order valence-electron chi connectivity index (χ0n) is 10.2. The number of halogens is 4. The monoisotopic (exact) mass is 282 g/mol. The SMILES string of the molecule is C=Cc1cccc(Oc2ccc(F)cc2C(F)(F)F)c1. The van der Waals surface area contributed by atoms with Gasteiger partial charge in [0.25, 0.3) is 0 Å². The second-order valence-corrected chi connectivity index (χ2v) is 4.02. The zero-order valence-corrected chi connectivity index (χ0v) is 10.2. The molecule has 0 unspecified atom stereocenters. The summed E-state index contributed by atoms with van der Waals surface area (Å²) in [6, 6.07) is 8.69. The summed E-state index contributed by atoms with van der Waals surface area (Å²) in [5.41, 5.74) is -0.445. The number of hydrogen-bond acceptors (Lipinski definition) is 1. The van der Waals surface area contributed by atoms with Gasteiger partial charge in [-0.25, -0.2) is 4.39 Å². The largest absolute Gasteiger partial charge is 0.457 e. The summed E-state index contributed by atoms with van der Waals surface area (Å²) in [6.45, 7) is 3.56. The molecule has 0 radical (unpaired) electrons. The van der Waals surface area contributed by atoms with Gasteiger partial charge in [0.05, 0.1) is 0 Å². The van der Waals surface area contributed by atoms with Crippen molar-refractivity contribution in [3.8, 4) is 11.5 Å². The molecule has 5 heteroatoms. The summed E-state index contributed by atoms with van der Waals surface area (Å²) in [4.78, 5) is 0. The molecule has 0 aliphatic heterocycles. The molecule has 0 aromatic heterocycles. The van der Waals surface area contributed by atoms with Crippen LogP contribution in [0.15, 0.2) is 49.0 Å². The summed E-state index contributed by atoms with van der Waals surface area (Å²) < 4.78 is 56.6. The van der Waals surface area contributed by atoms with Crippen molar-refractivity contribution >= 4 is 6.08 Å². The molecule has 0 spiro atoms. The molecule has 2 aromatic rings. The fraction of sp³-hybridized carbons (Fsp3) is 0.0667. The molecule has 0 amide bonds. The van der Waals surface area contributed by atoms with E-state index in [-0.39, 0.29) is 5.75 Å². The highest BCUT2D eigenvalue weighted by Gasteiger charge is 2.35. The van der Waals surface area contributed by atoms with Crippen molar-refractivity contribution in [2.45, 2.75) is 6.18 Å². The molecule has 0 bridgehead atoms. The summed E-state index contributed by atoms with van der Waals surface area (Å²) in [6.07, 6.45) is -3.14. The van der Waals surface area contributed by atoms with E-state index in [9.17, 15) is 17.6 Å². The third kappa shape index (κ3) is 3.17. The lowest BCUT2D eigenvalue weighted by atomic mass is 10.2. The third-order valence-corrected chi connectivity index (χ3v) is 2.57. The van der Waals surface area contributed by atoms with E-state index in [0.717, 1.165) is 12.1 Å². The lowest BCUT2D eigenvalue weighted by Crippen LogP contribution is -2.07. The van der Waals surface area contributed by atoms with Crippen LogP contribution in [-0.4, -0.2) is 0 Å². The molecular formula is C15H10F4O. The first kappa shape index (κ1) is 14.1. The average Bonchev–Trinajstić information content (AvgIpc) is 2.40. The number of alkyl halides is 3. The molecule has 0 aliphatic rings. The van der Waals surface area contributed by atoms with Crippen LogP contribution < -0.4 is 4.74 Å². The van der Waals surface area contributed by atoms with E-state index in [0.29, 0.717) is 11.6 Å². The van der Waals surface area contributed by atoms with E-state index >= 15 is 0 Å². The molecule has 0 heterocycles. The lowest BCUT2D eigenvalue weighted by molar-refractivity contribution is -0.138. The molecule has 0 fully saturated rings. The van der Waals surface area contributed by atoms with Crippen LogP contribution in [0.4, 0.5) is 17.6 Å². The van der Waals surface area contributed by atoms with Gasteiger partial charge in [-0.3, -0.25) is 0 Å². The van der Waals surface area contributed by atoms with Gasteiger partial charge in [-0.15, -0.1) is 0 Å². The van der Waals surface area contributed by atoms with Gasteiger partial charge in [0, 0.05) is 0 Å². The van der Waals surface area contributed by atoms with Crippen LogP contribution in [0.25, 0.3) is 6.08 Å². The molecule has 2 rings (SSSR count). The molecular weight excluding hydrogens is 272 g/mol. The molecule has 104 valence electrons. The number of ether oxygens (including phenoxy) is 1. The van der Waals surface area contributed by atoms with E-state index in [1.165, 1.54) is 12.1 Å². The van der Waals surface area contributed by atoms with Crippen LogP contribution in [0.3, 0.4) is 0 Å². The highest BCUT2D eigenvalue weighted by molar-refractivity contribution is 5.50. The number of rotatable bonds is 3. The minimum Gasteiger partial charge on any atom is -0.457 e. The van der Waals surface area contributed by atoms with Crippen LogP contribution in [0, 0.1) is 5.82 Å². The van der Waals surface area contributed by atoms with Gasteiger partial charge < -0.3 is 4.74 Å². The first-order valence-corrected chi connectivity index (χ1v) is 5.67. The van der Waals surface area contributed by atoms with Gasteiger partial charge >= 0.3 is 6.18 Å². The van der Waals surface area contributed by atoms with Gasteiger partial charge in [0.15, 0.2) is 0 Å². The van der Waals surface area contributed by atoms with Crippen molar-refractivity contribution in [2.24, 2.45) is 0 Å². The fourth-order valence-corrected chi connectivity index (χ4v) is 1.64. The summed E-state index contributed by atoms with van der Waals surface area (Å²) in [5, 5.41) is 0. The Morgan fingerprint density at radius 3 is 2.45 bits per heavy atom. The van der Waals surface area contributed by atoms with E-state index < -0.39 is 23.3 Å². The smallest absolute Gasteiger partial charge is 0.420 e. The van der Waals surface area contributed by atoms with Gasteiger partial charge in [-0.1, -0.05) is 24.8 Å². The molecule has 0 N–H and O–H groups in total. The average molecular weight is 282 g/mol. The Morgan fingerprint density at radius 1 is 1.05 bits per heavy atom. The highest BCUT2D eigenvalue weighted by atomic mass is 19.4. The Kier molecular flexibility index (Phi) is 3.79. The summed E-state index contributed by atoms with van der Waals surface area (Å²) in [7, 11) is 0. The van der Waals surface area contributed by atoms with Crippen LogP contribution in [0.1, 0.15) is 11.1 Å². The van der Waals surface area contributed by atoms with E-state index in [4.69, 9.17) is 4.74 Å². The summed E-state index contributed by atoms with van der Waals surface area (Å²) >= 11 is 0. The molecule has 0 saturated heterocycles. The van der Waals surface area contributed by atoms with Crippen LogP contribution in [0.2, 0.25) is 0 Å². The quantitative estimate of drug-likeness (QED) is 0.696. The lowest BCUT2D eigenvalue weighted by Gasteiger charge is -2.14. The van der Waals surface area contributed by atoms with E-state index in [2.05, 4.69) is 6.58 Å². The third-order valence-electron chi connectivity index (χ3n) is 2.57. The van der Waals surface area contributed by atoms with Crippen LogP contribution in [0.5, 0.6) is 11.5 Å². The topological polar surface area (TPSA) is 9.23 Å². The normalized spacial score (nSPS) is 11.2. The first-order chi connectivity index (χ1) is 9.40. The Balaban J connectivity index is 2.40. The van der Waals surface area contributed by atoms with E-state index in [1.807, 2.05) is 0 Å². The van der Waals surface area contributed by atoms with Crippen molar-refractivity contribution in [3.63, 3.8) is 0 Å². The molecule has 1 nitrogen and oxygen atoms in total. The van der Waals surface area contributed by atoms with Crippen molar-refractivity contribution in [2.75, 3.05) is 0 Å². The Hall–Kier alpha value is -2.30. The standard InChI is InChI=1S/C15H10F4O/c1-2-10-4-3-5-12(8-10)20-14-7-6-11(16)9-13(14)15(17,18)19/h2-9H,1H2. The van der Waals surface area contributed by atoms with Crippen molar-refractivity contribution in [3.05, 3.63) is 66.0 Å². The second-order valence-electron chi connectivity index (χ2n) is 4.02. The molecule has 2 aromatic carbocycles. The molecule has 0 aliphatic carbocycles. The number of benzene rings is 2. The van der Waals surface area contributed by atoms with Gasteiger partial charge in [-0.05, 0) is 35.9 Å². The van der Waals surface area contributed by atoms with Gasteiger partial charge in [0.2, 0.25) is 0 Å². The highest BCUT2D eigenvalue weighted by Crippen LogP contribution is 2.38. The van der Waals surface area contributed by atoms with Crippen molar-refractivity contribution < 1.29 is 22.3 Å². The second kappa shape index (κ2) is 5.36. The van der Waals surface area contributed by atoms with Crippen molar-refractivity contribution in [1.82, 2.24) is 0 Å². The minimum absolute atomic E-state index is 0.222. The zero-order chi connectivity index (χ0) is 14.8. The molecule has 20 heavy (non-hydrogen) atoms. The first-order valence-electron chi connectivity index (χ1n) is 5.67. The fourth-order valence-electron chi connectivity index (χ4n) is 1.64. The van der Waals surface area contributed by atoms with E-state index in [1.54, 1.807) is 18.2 Å². The maximum atomic E-state index is 13.0. The Morgan fingerprint density at radius 2 is 1.80 bits per heavy atom. The molecule has 0 atom stereocenters. The van der Waals surface area contributed by atoms with Crippen LogP contribution >= 0.6 is 0 Å². The van der Waals surface area contributed by atoms with Crippen LogP contribution in [-0.2, 0) is 6.18 Å². The minimum atomic E-state index is -4.69.